The van der Waals surface area contributed by atoms with E-state index >= 15 is 0 Å². The molecule has 1 unspecified atom stereocenters. The summed E-state index contributed by atoms with van der Waals surface area (Å²) in [5.74, 6) is 0.630. The molecular weight excluding hydrogens is 254 g/mol. The summed E-state index contributed by atoms with van der Waals surface area (Å²) in [7, 11) is -3.32. The number of nitrogens with one attached hydrogen (secondary N) is 2. The number of morpholine rings is 1. The van der Waals surface area contributed by atoms with Crippen molar-refractivity contribution in [1.29, 1.82) is 0 Å². The number of hydrogen-bond donors (Lipinski definition) is 2. The molecule has 2 fully saturated rings. The fraction of sp³-hybridized carbons (Fsp3) is 1.00. The van der Waals surface area contributed by atoms with Crippen LogP contribution in [0.25, 0.3) is 0 Å². The molecule has 106 valence electrons. The van der Waals surface area contributed by atoms with Crippen molar-refractivity contribution >= 4 is 10.2 Å². The van der Waals surface area contributed by atoms with Gasteiger partial charge in [-0.15, -0.1) is 0 Å². The molecule has 2 N–H and O–H groups in total. The maximum absolute atomic E-state index is 12.1. The van der Waals surface area contributed by atoms with Crippen LogP contribution in [0.2, 0.25) is 0 Å². The van der Waals surface area contributed by atoms with E-state index in [-0.39, 0.29) is 6.04 Å². The molecule has 0 bridgehead atoms. The first-order chi connectivity index (χ1) is 8.58. The van der Waals surface area contributed by atoms with E-state index in [0.717, 1.165) is 19.4 Å². The Morgan fingerprint density at radius 2 is 2.11 bits per heavy atom. The Morgan fingerprint density at radius 1 is 1.39 bits per heavy atom. The van der Waals surface area contributed by atoms with Crippen LogP contribution in [0.4, 0.5) is 0 Å². The average molecular weight is 277 g/mol. The molecule has 6 nitrogen and oxygen atoms in total. The monoisotopic (exact) mass is 277 g/mol. The van der Waals surface area contributed by atoms with Crippen LogP contribution in [-0.4, -0.2) is 58.2 Å². The van der Waals surface area contributed by atoms with Crippen LogP contribution in [0, 0.1) is 5.92 Å². The van der Waals surface area contributed by atoms with E-state index < -0.39 is 10.2 Å². The molecule has 0 aromatic carbocycles. The lowest BCUT2D eigenvalue weighted by Gasteiger charge is -2.30. The van der Waals surface area contributed by atoms with Crippen molar-refractivity contribution in [2.45, 2.75) is 25.8 Å². The third-order valence-corrected chi connectivity index (χ3v) is 5.17. The maximum atomic E-state index is 12.1. The molecule has 0 radical (unpaired) electrons. The van der Waals surface area contributed by atoms with Gasteiger partial charge in [0.05, 0.1) is 13.2 Å². The average Bonchev–Trinajstić information content (AvgIpc) is 2.38. The van der Waals surface area contributed by atoms with Gasteiger partial charge in [0, 0.05) is 32.2 Å². The van der Waals surface area contributed by atoms with E-state index in [1.165, 1.54) is 0 Å². The lowest BCUT2D eigenvalue weighted by Crippen LogP contribution is -2.52. The minimum absolute atomic E-state index is 0.0808. The first-order valence-electron chi connectivity index (χ1n) is 6.64. The number of rotatable bonds is 4. The second-order valence-electron chi connectivity index (χ2n) is 5.16. The predicted octanol–water partition coefficient (Wildman–Crippen LogP) is -0.459. The Labute approximate surface area is 109 Å². The molecule has 0 saturated carbocycles. The molecule has 1 atom stereocenters. The van der Waals surface area contributed by atoms with Gasteiger partial charge >= 0.3 is 0 Å². The van der Waals surface area contributed by atoms with E-state index in [9.17, 15) is 8.42 Å². The Balaban J connectivity index is 1.79. The molecule has 2 rings (SSSR count). The highest BCUT2D eigenvalue weighted by Crippen LogP contribution is 2.17. The van der Waals surface area contributed by atoms with Crippen molar-refractivity contribution in [3.8, 4) is 0 Å². The first-order valence-corrected chi connectivity index (χ1v) is 8.08. The van der Waals surface area contributed by atoms with Crippen LogP contribution in [0.15, 0.2) is 0 Å². The number of nitrogens with zero attached hydrogens (tertiary/aromatic N) is 1. The van der Waals surface area contributed by atoms with Gasteiger partial charge < -0.3 is 10.1 Å². The number of hydrogen-bond acceptors (Lipinski definition) is 4. The third-order valence-electron chi connectivity index (χ3n) is 3.59. The van der Waals surface area contributed by atoms with Gasteiger partial charge in [-0.2, -0.15) is 12.7 Å². The Kier molecular flexibility index (Phi) is 4.97. The standard InChI is InChI=1S/C11H23N3O3S/c1-10-2-5-14(6-3-10)18(15,16)13-8-11-9-17-7-4-12-11/h10-13H,2-9H2,1H3. The molecule has 0 amide bonds. The van der Waals surface area contributed by atoms with Crippen molar-refractivity contribution in [2.24, 2.45) is 5.92 Å². The second kappa shape index (κ2) is 6.29. The van der Waals surface area contributed by atoms with Gasteiger partial charge in [-0.1, -0.05) is 6.92 Å². The lowest BCUT2D eigenvalue weighted by molar-refractivity contribution is 0.0782. The highest BCUT2D eigenvalue weighted by molar-refractivity contribution is 7.87. The van der Waals surface area contributed by atoms with E-state index in [2.05, 4.69) is 17.0 Å². The molecule has 0 aliphatic carbocycles. The molecule has 7 heteroatoms. The van der Waals surface area contributed by atoms with Gasteiger partial charge in [0.25, 0.3) is 10.2 Å². The van der Waals surface area contributed by atoms with Crippen molar-refractivity contribution in [1.82, 2.24) is 14.3 Å². The summed E-state index contributed by atoms with van der Waals surface area (Å²) in [5.41, 5.74) is 0. The maximum Gasteiger partial charge on any atom is 0.279 e. The molecule has 0 aromatic rings. The lowest BCUT2D eigenvalue weighted by atomic mass is 10.0. The van der Waals surface area contributed by atoms with Crippen LogP contribution in [-0.2, 0) is 14.9 Å². The number of ether oxygens (including phenoxy) is 1. The zero-order valence-electron chi connectivity index (χ0n) is 10.9. The summed E-state index contributed by atoms with van der Waals surface area (Å²) in [4.78, 5) is 0. The highest BCUT2D eigenvalue weighted by atomic mass is 32.2. The predicted molar refractivity (Wildman–Crippen MR) is 69.5 cm³/mol. The third kappa shape index (κ3) is 3.89. The largest absolute Gasteiger partial charge is 0.378 e. The van der Waals surface area contributed by atoms with Crippen molar-refractivity contribution in [3.63, 3.8) is 0 Å². The van der Waals surface area contributed by atoms with Crippen LogP contribution in [0.1, 0.15) is 19.8 Å². The van der Waals surface area contributed by atoms with Gasteiger partial charge in [-0.25, -0.2) is 4.72 Å². The van der Waals surface area contributed by atoms with Gasteiger partial charge in [0.1, 0.15) is 0 Å². The van der Waals surface area contributed by atoms with E-state index in [4.69, 9.17) is 4.74 Å². The van der Waals surface area contributed by atoms with Gasteiger partial charge in [-0.05, 0) is 18.8 Å². The van der Waals surface area contributed by atoms with Crippen molar-refractivity contribution in [3.05, 3.63) is 0 Å². The summed E-state index contributed by atoms with van der Waals surface area (Å²) in [6, 6.07) is 0.0808. The first kappa shape index (κ1) is 14.2. The zero-order valence-corrected chi connectivity index (χ0v) is 11.7. The SMILES string of the molecule is CC1CCN(S(=O)(=O)NCC2COCCN2)CC1. The smallest absolute Gasteiger partial charge is 0.279 e. The highest BCUT2D eigenvalue weighted by Gasteiger charge is 2.27. The Hall–Kier alpha value is -0.210. The fourth-order valence-electron chi connectivity index (χ4n) is 2.27. The zero-order chi connectivity index (χ0) is 13.0. The van der Waals surface area contributed by atoms with Crippen LogP contribution < -0.4 is 10.0 Å². The molecule has 2 aliphatic heterocycles. The minimum Gasteiger partial charge on any atom is -0.378 e. The summed E-state index contributed by atoms with van der Waals surface area (Å²) in [5, 5.41) is 3.23. The Bertz CT molecular complexity index is 347. The molecule has 0 aromatic heterocycles. The van der Waals surface area contributed by atoms with Crippen molar-refractivity contribution in [2.75, 3.05) is 39.4 Å². The van der Waals surface area contributed by atoms with Crippen LogP contribution in [0.3, 0.4) is 0 Å². The van der Waals surface area contributed by atoms with Gasteiger partial charge in [0.2, 0.25) is 0 Å². The van der Waals surface area contributed by atoms with E-state index in [1.54, 1.807) is 4.31 Å². The molecule has 18 heavy (non-hydrogen) atoms. The van der Waals surface area contributed by atoms with Crippen molar-refractivity contribution < 1.29 is 13.2 Å². The molecular formula is C11H23N3O3S. The van der Waals surface area contributed by atoms with Crippen LogP contribution >= 0.6 is 0 Å². The summed E-state index contributed by atoms with van der Waals surface area (Å²) >= 11 is 0. The molecule has 0 spiro atoms. The normalized spacial score (nSPS) is 28.4. The van der Waals surface area contributed by atoms with Gasteiger partial charge in [0.15, 0.2) is 0 Å². The topological polar surface area (TPSA) is 70.7 Å². The number of piperidine rings is 1. The molecule has 2 aliphatic rings. The second-order valence-corrected chi connectivity index (χ2v) is 6.92. The van der Waals surface area contributed by atoms with E-state index in [1.807, 2.05) is 0 Å². The summed E-state index contributed by atoms with van der Waals surface area (Å²) in [6.45, 7) is 5.88. The minimum atomic E-state index is -3.32. The van der Waals surface area contributed by atoms with Gasteiger partial charge in [-0.3, -0.25) is 0 Å². The van der Waals surface area contributed by atoms with E-state index in [0.29, 0.717) is 38.8 Å². The Morgan fingerprint density at radius 3 is 2.72 bits per heavy atom. The van der Waals surface area contributed by atoms with Crippen LogP contribution in [0.5, 0.6) is 0 Å². The fourth-order valence-corrected chi connectivity index (χ4v) is 3.56. The molecule has 2 saturated heterocycles. The summed E-state index contributed by atoms with van der Waals surface area (Å²) < 4.78 is 33.7. The summed E-state index contributed by atoms with van der Waals surface area (Å²) in [6.07, 6.45) is 1.90. The quantitative estimate of drug-likeness (QED) is 0.729. The molecule has 2 heterocycles.